The zero-order valence-corrected chi connectivity index (χ0v) is 15.8. The second kappa shape index (κ2) is 6.59. The van der Waals surface area contributed by atoms with Crippen molar-refractivity contribution in [1.29, 1.82) is 0 Å². The first-order valence-corrected chi connectivity index (χ1v) is 10.1. The highest BCUT2D eigenvalue weighted by atomic mass is 16.1. The van der Waals surface area contributed by atoms with Gasteiger partial charge >= 0.3 is 0 Å². The molecular formula is C23H25N3O. The zero-order valence-electron chi connectivity index (χ0n) is 15.8. The lowest BCUT2D eigenvalue weighted by atomic mass is 9.76. The van der Waals surface area contributed by atoms with Gasteiger partial charge < -0.3 is 0 Å². The number of pyridine rings is 2. The second-order valence-corrected chi connectivity index (χ2v) is 8.25. The molecule has 2 aliphatic rings. The summed E-state index contributed by atoms with van der Waals surface area (Å²) in [6.45, 7) is 2.02. The number of nitrogens with zero attached hydrogens (tertiary/aromatic N) is 3. The van der Waals surface area contributed by atoms with Crippen molar-refractivity contribution in [3.8, 4) is 0 Å². The van der Waals surface area contributed by atoms with Crippen molar-refractivity contribution >= 4 is 11.3 Å². The Bertz CT molecular complexity index is 977. The molecule has 0 N–H and O–H groups in total. The summed E-state index contributed by atoms with van der Waals surface area (Å²) in [4.78, 5) is 22.2. The molecule has 2 aliphatic carbocycles. The molecular weight excluding hydrogens is 334 g/mol. The maximum atomic E-state index is 13.5. The summed E-state index contributed by atoms with van der Waals surface area (Å²) in [6, 6.07) is 8.55. The highest BCUT2D eigenvalue weighted by Crippen LogP contribution is 2.43. The average Bonchev–Trinajstić information content (AvgIpc) is 3.44. The molecule has 0 spiro atoms. The lowest BCUT2D eigenvalue weighted by Crippen LogP contribution is -2.24. The summed E-state index contributed by atoms with van der Waals surface area (Å²) in [7, 11) is 0. The molecule has 0 unspecified atom stereocenters. The van der Waals surface area contributed by atoms with Crippen molar-refractivity contribution in [1.82, 2.24) is 14.4 Å². The van der Waals surface area contributed by atoms with Gasteiger partial charge in [-0.15, -0.1) is 0 Å². The quantitative estimate of drug-likeness (QED) is 0.611. The molecule has 2 fully saturated rings. The van der Waals surface area contributed by atoms with Crippen molar-refractivity contribution in [3.05, 3.63) is 65.5 Å². The Labute approximate surface area is 159 Å². The molecule has 0 aromatic carbocycles. The van der Waals surface area contributed by atoms with Crippen LogP contribution >= 0.6 is 0 Å². The third-order valence-electron chi connectivity index (χ3n) is 6.37. The van der Waals surface area contributed by atoms with Gasteiger partial charge in [0, 0.05) is 17.8 Å². The molecule has 3 aromatic heterocycles. The Balaban J connectivity index is 1.38. The van der Waals surface area contributed by atoms with Crippen LogP contribution in [0, 0.1) is 12.8 Å². The topological polar surface area (TPSA) is 47.3 Å². The number of Topliss-reactive ketones (excluding diaryl/α,β-unsaturated/α-hetero) is 1. The lowest BCUT2D eigenvalue weighted by Gasteiger charge is -2.28. The predicted octanol–water partition coefficient (Wildman–Crippen LogP) is 5.07. The molecule has 4 heteroatoms. The van der Waals surface area contributed by atoms with Gasteiger partial charge in [-0.05, 0) is 80.5 Å². The van der Waals surface area contributed by atoms with E-state index in [0.29, 0.717) is 17.6 Å². The third kappa shape index (κ3) is 3.07. The fourth-order valence-corrected chi connectivity index (χ4v) is 4.60. The van der Waals surface area contributed by atoms with Gasteiger partial charge in [-0.2, -0.15) is 0 Å². The van der Waals surface area contributed by atoms with Gasteiger partial charge in [0.25, 0.3) is 0 Å². The Hall–Kier alpha value is -2.49. The second-order valence-electron chi connectivity index (χ2n) is 8.25. The Morgan fingerprint density at radius 3 is 2.44 bits per heavy atom. The molecule has 2 saturated carbocycles. The van der Waals surface area contributed by atoms with Gasteiger partial charge in [-0.1, -0.05) is 12.1 Å². The molecule has 0 radical (unpaired) electrons. The molecule has 0 saturated heterocycles. The van der Waals surface area contributed by atoms with E-state index in [1.54, 1.807) is 6.33 Å². The van der Waals surface area contributed by atoms with Crippen LogP contribution in [0.25, 0.3) is 5.52 Å². The summed E-state index contributed by atoms with van der Waals surface area (Å²) >= 11 is 0. The van der Waals surface area contributed by atoms with Crippen LogP contribution in [0.2, 0.25) is 0 Å². The van der Waals surface area contributed by atoms with E-state index in [2.05, 4.69) is 34.2 Å². The summed E-state index contributed by atoms with van der Waals surface area (Å²) in [5.41, 5.74) is 5.52. The van der Waals surface area contributed by atoms with E-state index in [0.717, 1.165) is 42.6 Å². The molecule has 3 heterocycles. The fourth-order valence-electron chi connectivity index (χ4n) is 4.60. The summed E-state index contributed by atoms with van der Waals surface area (Å²) < 4.78 is 2.02. The molecule has 3 aromatic rings. The normalized spacial score (nSPS) is 22.9. The highest BCUT2D eigenvalue weighted by Gasteiger charge is 2.34. The summed E-state index contributed by atoms with van der Waals surface area (Å²) in [6.07, 6.45) is 12.1. The van der Waals surface area contributed by atoms with Crippen LogP contribution < -0.4 is 0 Å². The van der Waals surface area contributed by atoms with Crippen LogP contribution in [0.5, 0.6) is 0 Å². The van der Waals surface area contributed by atoms with Gasteiger partial charge in [0.2, 0.25) is 0 Å². The molecule has 138 valence electrons. The highest BCUT2D eigenvalue weighted by molar-refractivity contribution is 5.98. The predicted molar refractivity (Wildman–Crippen MR) is 105 cm³/mol. The Kier molecular flexibility index (Phi) is 4.07. The maximum absolute atomic E-state index is 13.5. The van der Waals surface area contributed by atoms with Crippen molar-refractivity contribution in [2.45, 2.75) is 57.3 Å². The molecule has 4 nitrogen and oxygen atoms in total. The van der Waals surface area contributed by atoms with E-state index in [1.807, 2.05) is 23.7 Å². The van der Waals surface area contributed by atoms with Crippen LogP contribution in [0.3, 0.4) is 0 Å². The van der Waals surface area contributed by atoms with E-state index >= 15 is 0 Å². The van der Waals surface area contributed by atoms with Crippen LogP contribution in [-0.2, 0) is 0 Å². The number of ketones is 1. The zero-order chi connectivity index (χ0) is 18.4. The van der Waals surface area contributed by atoms with Crippen LogP contribution in [0.15, 0.2) is 43.0 Å². The minimum Gasteiger partial charge on any atom is -0.296 e. The molecule has 0 aliphatic heterocycles. The van der Waals surface area contributed by atoms with E-state index < -0.39 is 0 Å². The minimum atomic E-state index is 0.130. The van der Waals surface area contributed by atoms with Crippen molar-refractivity contribution in [3.63, 3.8) is 0 Å². The number of aromatic nitrogens is 3. The average molecular weight is 359 g/mol. The SMILES string of the molecule is Cc1ccc(C2CCC(C(=O)c3c(C4CC4)ccc4cncn34)CC2)cn1. The maximum Gasteiger partial charge on any atom is 0.182 e. The van der Waals surface area contributed by atoms with E-state index in [1.165, 1.54) is 24.0 Å². The number of aryl methyl sites for hydroxylation is 1. The van der Waals surface area contributed by atoms with Gasteiger partial charge in [0.15, 0.2) is 5.78 Å². The summed E-state index contributed by atoms with van der Waals surface area (Å²) in [5, 5.41) is 0. The smallest absolute Gasteiger partial charge is 0.182 e. The lowest BCUT2D eigenvalue weighted by molar-refractivity contribution is 0.0876. The number of imidazole rings is 1. The van der Waals surface area contributed by atoms with Gasteiger partial charge in [0.05, 0.1) is 23.7 Å². The molecule has 0 atom stereocenters. The number of hydrogen-bond acceptors (Lipinski definition) is 3. The summed E-state index contributed by atoms with van der Waals surface area (Å²) in [5.74, 6) is 1.55. The number of fused-ring (bicyclic) bond motifs is 1. The van der Waals surface area contributed by atoms with Gasteiger partial charge in [-0.25, -0.2) is 4.98 Å². The molecule has 0 amide bonds. The van der Waals surface area contributed by atoms with Crippen LogP contribution in [0.4, 0.5) is 0 Å². The van der Waals surface area contributed by atoms with Crippen LogP contribution in [0.1, 0.15) is 77.7 Å². The number of rotatable bonds is 4. The number of carbonyl (C=O) groups is 1. The van der Waals surface area contributed by atoms with Gasteiger partial charge in [0.1, 0.15) is 0 Å². The first-order valence-electron chi connectivity index (χ1n) is 10.1. The van der Waals surface area contributed by atoms with Crippen molar-refractivity contribution < 1.29 is 4.79 Å². The van der Waals surface area contributed by atoms with Gasteiger partial charge in [-0.3, -0.25) is 14.2 Å². The molecule has 5 rings (SSSR count). The third-order valence-corrected chi connectivity index (χ3v) is 6.37. The largest absolute Gasteiger partial charge is 0.296 e. The van der Waals surface area contributed by atoms with Crippen molar-refractivity contribution in [2.75, 3.05) is 0 Å². The first kappa shape index (κ1) is 16.7. The Morgan fingerprint density at radius 1 is 0.963 bits per heavy atom. The van der Waals surface area contributed by atoms with Crippen molar-refractivity contribution in [2.24, 2.45) is 5.92 Å². The van der Waals surface area contributed by atoms with E-state index in [9.17, 15) is 4.79 Å². The van der Waals surface area contributed by atoms with Crippen LogP contribution in [-0.4, -0.2) is 20.2 Å². The Morgan fingerprint density at radius 2 is 1.74 bits per heavy atom. The standard InChI is InChI=1S/C23H25N3O/c1-15-2-3-19(12-25-15)16-4-8-18(9-5-16)23(27)22-21(17-6-7-17)11-10-20-13-24-14-26(20)22/h2-3,10-14,16-18H,4-9H2,1H3. The fraction of sp³-hybridized carbons (Fsp3) is 0.435. The van der Waals surface area contributed by atoms with E-state index in [-0.39, 0.29) is 5.92 Å². The van der Waals surface area contributed by atoms with E-state index in [4.69, 9.17) is 0 Å². The number of carbonyl (C=O) groups excluding carboxylic acids is 1. The number of hydrogen-bond donors (Lipinski definition) is 0. The first-order chi connectivity index (χ1) is 13.2. The minimum absolute atomic E-state index is 0.130. The molecule has 27 heavy (non-hydrogen) atoms. The monoisotopic (exact) mass is 359 g/mol. The molecule has 0 bridgehead atoms.